The standard InChI is InChI=1S/C13H18N2O3S/c1-13(11(16)17)5-6-15(9-13)12(18)14(2)8-10-4-3-7-19-10/h3-4,7H,5-6,8-9H2,1-2H3,(H,16,17). The van der Waals surface area contributed by atoms with Crippen molar-refractivity contribution in [2.75, 3.05) is 20.1 Å². The van der Waals surface area contributed by atoms with Crippen LogP contribution in [-0.2, 0) is 11.3 Å². The number of carbonyl (C=O) groups excluding carboxylic acids is 1. The van der Waals surface area contributed by atoms with Gasteiger partial charge in [0.05, 0.1) is 12.0 Å². The van der Waals surface area contributed by atoms with Gasteiger partial charge in [0.25, 0.3) is 0 Å². The Kier molecular flexibility index (Phi) is 3.80. The molecule has 104 valence electrons. The van der Waals surface area contributed by atoms with Crippen LogP contribution in [0.2, 0.25) is 0 Å². The quantitative estimate of drug-likeness (QED) is 0.923. The Hall–Kier alpha value is -1.56. The first-order chi connectivity index (χ1) is 8.92. The summed E-state index contributed by atoms with van der Waals surface area (Å²) in [7, 11) is 1.75. The van der Waals surface area contributed by atoms with Gasteiger partial charge in [-0.3, -0.25) is 4.79 Å². The Morgan fingerprint density at radius 2 is 2.32 bits per heavy atom. The zero-order chi connectivity index (χ0) is 14.0. The minimum atomic E-state index is -0.830. The van der Waals surface area contributed by atoms with E-state index in [1.165, 1.54) is 0 Å². The van der Waals surface area contributed by atoms with Crippen LogP contribution in [0.15, 0.2) is 17.5 Å². The average molecular weight is 282 g/mol. The molecule has 0 saturated carbocycles. The van der Waals surface area contributed by atoms with Gasteiger partial charge in [0.15, 0.2) is 0 Å². The van der Waals surface area contributed by atoms with Crippen molar-refractivity contribution in [3.05, 3.63) is 22.4 Å². The van der Waals surface area contributed by atoms with Gasteiger partial charge in [0.1, 0.15) is 0 Å². The summed E-state index contributed by atoms with van der Waals surface area (Å²) in [4.78, 5) is 27.8. The molecule has 1 atom stereocenters. The normalized spacial score (nSPS) is 22.5. The second-order valence-corrected chi connectivity index (χ2v) is 6.29. The van der Waals surface area contributed by atoms with Crippen LogP contribution in [0.1, 0.15) is 18.2 Å². The number of hydrogen-bond donors (Lipinski definition) is 1. The molecule has 2 heterocycles. The molecule has 0 spiro atoms. The number of urea groups is 1. The largest absolute Gasteiger partial charge is 0.481 e. The summed E-state index contributed by atoms with van der Waals surface area (Å²) in [5.41, 5.74) is -0.806. The minimum absolute atomic E-state index is 0.0987. The van der Waals surface area contributed by atoms with Crippen molar-refractivity contribution in [3.8, 4) is 0 Å². The highest BCUT2D eigenvalue weighted by atomic mass is 32.1. The third-order valence-electron chi connectivity index (χ3n) is 3.56. The van der Waals surface area contributed by atoms with Crippen molar-refractivity contribution in [3.63, 3.8) is 0 Å². The monoisotopic (exact) mass is 282 g/mol. The summed E-state index contributed by atoms with van der Waals surface area (Å²) < 4.78 is 0. The van der Waals surface area contributed by atoms with Crippen LogP contribution in [-0.4, -0.2) is 47.0 Å². The molecular formula is C13H18N2O3S. The maximum absolute atomic E-state index is 12.2. The van der Waals surface area contributed by atoms with Crippen molar-refractivity contribution in [2.45, 2.75) is 19.9 Å². The summed E-state index contributed by atoms with van der Waals surface area (Å²) >= 11 is 1.61. The van der Waals surface area contributed by atoms with Gasteiger partial charge in [0, 0.05) is 25.0 Å². The molecule has 1 aromatic heterocycles. The molecule has 1 aliphatic heterocycles. The molecular weight excluding hydrogens is 264 g/mol. The van der Waals surface area contributed by atoms with Crippen LogP contribution < -0.4 is 0 Å². The van der Waals surface area contributed by atoms with Gasteiger partial charge >= 0.3 is 12.0 Å². The number of nitrogens with zero attached hydrogens (tertiary/aromatic N) is 2. The van der Waals surface area contributed by atoms with E-state index >= 15 is 0 Å². The number of carboxylic acids is 1. The van der Waals surface area contributed by atoms with E-state index in [0.29, 0.717) is 19.5 Å². The maximum Gasteiger partial charge on any atom is 0.320 e. The fraction of sp³-hybridized carbons (Fsp3) is 0.538. The van der Waals surface area contributed by atoms with Crippen molar-refractivity contribution in [1.82, 2.24) is 9.80 Å². The van der Waals surface area contributed by atoms with Gasteiger partial charge < -0.3 is 14.9 Å². The Morgan fingerprint density at radius 1 is 1.58 bits per heavy atom. The Labute approximate surface area is 116 Å². The van der Waals surface area contributed by atoms with E-state index in [1.807, 2.05) is 17.5 Å². The number of amides is 2. The smallest absolute Gasteiger partial charge is 0.320 e. The molecule has 19 heavy (non-hydrogen) atoms. The van der Waals surface area contributed by atoms with Crippen molar-refractivity contribution in [2.24, 2.45) is 5.41 Å². The molecule has 1 N–H and O–H groups in total. The van der Waals surface area contributed by atoms with Crippen LogP contribution in [0.25, 0.3) is 0 Å². The van der Waals surface area contributed by atoms with Crippen molar-refractivity contribution >= 4 is 23.3 Å². The Morgan fingerprint density at radius 3 is 2.84 bits per heavy atom. The van der Waals surface area contributed by atoms with Gasteiger partial charge in [-0.2, -0.15) is 0 Å². The Balaban J connectivity index is 1.96. The predicted octanol–water partition coefficient (Wildman–Crippen LogP) is 2.10. The highest BCUT2D eigenvalue weighted by Gasteiger charge is 2.42. The maximum atomic E-state index is 12.2. The second-order valence-electron chi connectivity index (χ2n) is 5.26. The SMILES string of the molecule is CN(Cc1cccs1)C(=O)N1CCC(C)(C(=O)O)C1. The fourth-order valence-corrected chi connectivity index (χ4v) is 3.00. The van der Waals surface area contributed by atoms with Gasteiger partial charge in [0.2, 0.25) is 0 Å². The van der Waals surface area contributed by atoms with E-state index in [0.717, 1.165) is 4.88 Å². The topological polar surface area (TPSA) is 60.9 Å². The van der Waals surface area contributed by atoms with E-state index in [1.54, 1.807) is 35.1 Å². The molecule has 2 rings (SSSR count). The summed E-state index contributed by atoms with van der Waals surface area (Å²) in [5, 5.41) is 11.1. The van der Waals surface area contributed by atoms with E-state index in [9.17, 15) is 9.59 Å². The molecule has 5 nitrogen and oxygen atoms in total. The highest BCUT2D eigenvalue weighted by Crippen LogP contribution is 2.30. The van der Waals surface area contributed by atoms with E-state index in [-0.39, 0.29) is 12.6 Å². The molecule has 1 saturated heterocycles. The van der Waals surface area contributed by atoms with Crippen LogP contribution in [0.3, 0.4) is 0 Å². The lowest BCUT2D eigenvalue weighted by Gasteiger charge is -2.25. The molecule has 1 fully saturated rings. The summed E-state index contributed by atoms with van der Waals surface area (Å²) in [5.74, 6) is -0.830. The first kappa shape index (κ1) is 13.9. The number of thiophene rings is 1. The molecule has 6 heteroatoms. The molecule has 0 bridgehead atoms. The number of rotatable bonds is 3. The third kappa shape index (κ3) is 2.89. The van der Waals surface area contributed by atoms with Gasteiger partial charge in [-0.1, -0.05) is 6.07 Å². The second kappa shape index (κ2) is 5.21. The molecule has 0 radical (unpaired) electrons. The number of carboxylic acid groups (broad SMARTS) is 1. The van der Waals surface area contributed by atoms with Crippen LogP contribution >= 0.6 is 11.3 Å². The van der Waals surface area contributed by atoms with Crippen LogP contribution in [0, 0.1) is 5.41 Å². The minimum Gasteiger partial charge on any atom is -0.481 e. The zero-order valence-electron chi connectivity index (χ0n) is 11.1. The van der Waals surface area contributed by atoms with Gasteiger partial charge in [-0.25, -0.2) is 4.79 Å². The molecule has 2 amide bonds. The number of hydrogen-bond acceptors (Lipinski definition) is 3. The molecule has 1 aliphatic rings. The number of likely N-dealkylation sites (tertiary alicyclic amines) is 1. The van der Waals surface area contributed by atoms with Crippen molar-refractivity contribution < 1.29 is 14.7 Å². The van der Waals surface area contributed by atoms with Crippen LogP contribution in [0.5, 0.6) is 0 Å². The highest BCUT2D eigenvalue weighted by molar-refractivity contribution is 7.09. The van der Waals surface area contributed by atoms with Gasteiger partial charge in [-0.15, -0.1) is 11.3 Å². The lowest BCUT2D eigenvalue weighted by molar-refractivity contribution is -0.147. The molecule has 0 aliphatic carbocycles. The average Bonchev–Trinajstić information content (AvgIpc) is 2.98. The Bertz CT molecular complexity index is 474. The predicted molar refractivity (Wildman–Crippen MR) is 73.1 cm³/mol. The lowest BCUT2D eigenvalue weighted by Crippen LogP contribution is -2.41. The zero-order valence-corrected chi connectivity index (χ0v) is 11.9. The number of carbonyl (C=O) groups is 2. The van der Waals surface area contributed by atoms with E-state index in [2.05, 4.69) is 0 Å². The molecule has 0 aromatic carbocycles. The van der Waals surface area contributed by atoms with Crippen LogP contribution in [0.4, 0.5) is 4.79 Å². The summed E-state index contributed by atoms with van der Waals surface area (Å²) in [6.07, 6.45) is 0.515. The molecule has 1 unspecified atom stereocenters. The fourth-order valence-electron chi connectivity index (χ4n) is 2.24. The first-order valence-corrected chi connectivity index (χ1v) is 7.06. The third-order valence-corrected chi connectivity index (χ3v) is 4.42. The summed E-state index contributed by atoms with van der Waals surface area (Å²) in [6, 6.07) is 3.84. The number of aliphatic carboxylic acids is 1. The van der Waals surface area contributed by atoms with Gasteiger partial charge in [-0.05, 0) is 24.8 Å². The lowest BCUT2D eigenvalue weighted by atomic mass is 9.90. The molecule has 1 aromatic rings. The summed E-state index contributed by atoms with van der Waals surface area (Å²) in [6.45, 7) is 3.06. The van der Waals surface area contributed by atoms with E-state index < -0.39 is 11.4 Å². The first-order valence-electron chi connectivity index (χ1n) is 6.18. The van der Waals surface area contributed by atoms with Crippen molar-refractivity contribution in [1.29, 1.82) is 0 Å². The van der Waals surface area contributed by atoms with E-state index in [4.69, 9.17) is 5.11 Å².